The lowest BCUT2D eigenvalue weighted by atomic mass is 10.3. The van der Waals surface area contributed by atoms with Crippen molar-refractivity contribution in [2.75, 3.05) is 13.1 Å². The molecule has 92 valence electrons. The van der Waals surface area contributed by atoms with E-state index in [2.05, 4.69) is 27.9 Å². The second kappa shape index (κ2) is 6.19. The summed E-state index contributed by atoms with van der Waals surface area (Å²) in [5, 5.41) is 10.5. The van der Waals surface area contributed by atoms with E-state index in [1.165, 1.54) is 4.88 Å². The van der Waals surface area contributed by atoms with Crippen molar-refractivity contribution in [1.29, 1.82) is 0 Å². The Bertz CT molecular complexity index is 450. The molecule has 5 heteroatoms. The summed E-state index contributed by atoms with van der Waals surface area (Å²) in [6.45, 7) is 4.78. The van der Waals surface area contributed by atoms with Crippen LogP contribution in [-0.2, 0) is 13.0 Å². The standard InChI is InChI=1S/C12H16ClN3S/c1-10-12(13)9-15-16(10)7-6-14-5-4-11-3-2-8-17-11/h2-3,8-9,14H,4-7H2,1H3. The normalized spacial score (nSPS) is 10.9. The maximum atomic E-state index is 5.93. The highest BCUT2D eigenvalue weighted by molar-refractivity contribution is 7.09. The Labute approximate surface area is 110 Å². The minimum atomic E-state index is 0.739. The van der Waals surface area contributed by atoms with Gasteiger partial charge in [-0.05, 0) is 24.8 Å². The van der Waals surface area contributed by atoms with Crippen LogP contribution in [0, 0.1) is 6.92 Å². The first-order valence-electron chi connectivity index (χ1n) is 5.68. The van der Waals surface area contributed by atoms with Crippen LogP contribution in [0.4, 0.5) is 0 Å². The van der Waals surface area contributed by atoms with Crippen LogP contribution in [0.2, 0.25) is 5.02 Å². The fourth-order valence-corrected chi connectivity index (χ4v) is 2.48. The second-order valence-electron chi connectivity index (χ2n) is 3.88. The van der Waals surface area contributed by atoms with Gasteiger partial charge in [0, 0.05) is 18.0 Å². The Morgan fingerprint density at radius 2 is 2.35 bits per heavy atom. The lowest BCUT2D eigenvalue weighted by Crippen LogP contribution is -2.23. The predicted octanol–water partition coefficient (Wildman–Crippen LogP) is 2.74. The molecule has 0 radical (unpaired) electrons. The van der Waals surface area contributed by atoms with E-state index in [0.29, 0.717) is 0 Å². The minimum Gasteiger partial charge on any atom is -0.315 e. The number of rotatable bonds is 6. The zero-order valence-electron chi connectivity index (χ0n) is 9.82. The number of nitrogens with zero attached hydrogens (tertiary/aromatic N) is 2. The second-order valence-corrected chi connectivity index (χ2v) is 5.32. The van der Waals surface area contributed by atoms with E-state index in [1.807, 2.05) is 22.9 Å². The van der Waals surface area contributed by atoms with Crippen LogP contribution in [0.15, 0.2) is 23.7 Å². The number of aromatic nitrogens is 2. The Morgan fingerprint density at radius 3 is 3.00 bits per heavy atom. The quantitative estimate of drug-likeness (QED) is 0.818. The smallest absolute Gasteiger partial charge is 0.0814 e. The van der Waals surface area contributed by atoms with Gasteiger partial charge in [0.15, 0.2) is 0 Å². The summed E-state index contributed by atoms with van der Waals surface area (Å²) in [5.74, 6) is 0. The molecule has 2 aromatic rings. The van der Waals surface area contributed by atoms with Crippen LogP contribution in [-0.4, -0.2) is 22.9 Å². The summed E-state index contributed by atoms with van der Waals surface area (Å²) >= 11 is 7.74. The largest absolute Gasteiger partial charge is 0.315 e. The molecule has 0 saturated heterocycles. The van der Waals surface area contributed by atoms with E-state index in [4.69, 9.17) is 11.6 Å². The van der Waals surface area contributed by atoms with Gasteiger partial charge in [-0.15, -0.1) is 11.3 Å². The average molecular weight is 270 g/mol. The molecule has 0 spiro atoms. The van der Waals surface area contributed by atoms with E-state index < -0.39 is 0 Å². The van der Waals surface area contributed by atoms with Gasteiger partial charge in [-0.3, -0.25) is 4.68 Å². The van der Waals surface area contributed by atoms with Crippen LogP contribution in [0.1, 0.15) is 10.6 Å². The molecule has 0 unspecified atom stereocenters. The zero-order chi connectivity index (χ0) is 12.1. The van der Waals surface area contributed by atoms with Crippen molar-refractivity contribution in [3.63, 3.8) is 0 Å². The van der Waals surface area contributed by atoms with Gasteiger partial charge < -0.3 is 5.32 Å². The summed E-state index contributed by atoms with van der Waals surface area (Å²) < 4.78 is 1.93. The number of hydrogen-bond donors (Lipinski definition) is 1. The fraction of sp³-hybridized carbons (Fsp3) is 0.417. The molecular weight excluding hydrogens is 254 g/mol. The molecular formula is C12H16ClN3S. The first-order valence-corrected chi connectivity index (χ1v) is 6.94. The summed E-state index contributed by atoms with van der Waals surface area (Å²) in [5.41, 5.74) is 1.03. The number of hydrogen-bond acceptors (Lipinski definition) is 3. The van der Waals surface area contributed by atoms with Crippen LogP contribution in [0.25, 0.3) is 0 Å². The molecule has 2 heterocycles. The molecule has 0 bridgehead atoms. The zero-order valence-corrected chi connectivity index (χ0v) is 11.4. The van der Waals surface area contributed by atoms with E-state index in [0.717, 1.165) is 36.8 Å². The highest BCUT2D eigenvalue weighted by Gasteiger charge is 2.02. The van der Waals surface area contributed by atoms with Gasteiger partial charge in [-0.2, -0.15) is 5.10 Å². The maximum Gasteiger partial charge on any atom is 0.0814 e. The van der Waals surface area contributed by atoms with Gasteiger partial charge in [-0.1, -0.05) is 17.7 Å². The number of thiophene rings is 1. The van der Waals surface area contributed by atoms with Gasteiger partial charge in [-0.25, -0.2) is 0 Å². The average Bonchev–Trinajstić information content (AvgIpc) is 2.93. The first-order chi connectivity index (χ1) is 8.27. The minimum absolute atomic E-state index is 0.739. The first kappa shape index (κ1) is 12.6. The highest BCUT2D eigenvalue weighted by Crippen LogP contribution is 2.12. The number of nitrogens with one attached hydrogen (secondary N) is 1. The molecule has 0 aliphatic rings. The predicted molar refractivity (Wildman–Crippen MR) is 72.9 cm³/mol. The Morgan fingerprint density at radius 1 is 1.47 bits per heavy atom. The molecule has 0 amide bonds. The summed E-state index contributed by atoms with van der Waals surface area (Å²) in [7, 11) is 0. The van der Waals surface area contributed by atoms with Crippen molar-refractivity contribution in [1.82, 2.24) is 15.1 Å². The summed E-state index contributed by atoms with van der Waals surface area (Å²) in [6.07, 6.45) is 2.79. The van der Waals surface area contributed by atoms with E-state index in [1.54, 1.807) is 6.20 Å². The van der Waals surface area contributed by atoms with E-state index >= 15 is 0 Å². The molecule has 0 atom stereocenters. The third-order valence-corrected chi connectivity index (χ3v) is 3.98. The highest BCUT2D eigenvalue weighted by atomic mass is 35.5. The van der Waals surface area contributed by atoms with Crippen LogP contribution < -0.4 is 5.32 Å². The van der Waals surface area contributed by atoms with Gasteiger partial charge in [0.05, 0.1) is 23.5 Å². The molecule has 0 aliphatic heterocycles. The van der Waals surface area contributed by atoms with Crippen molar-refractivity contribution in [3.8, 4) is 0 Å². The Balaban J connectivity index is 1.65. The monoisotopic (exact) mass is 269 g/mol. The third kappa shape index (κ3) is 3.56. The van der Waals surface area contributed by atoms with Crippen molar-refractivity contribution >= 4 is 22.9 Å². The Kier molecular flexibility index (Phi) is 4.59. The summed E-state index contributed by atoms with van der Waals surface area (Å²) in [6, 6.07) is 4.26. The SMILES string of the molecule is Cc1c(Cl)cnn1CCNCCc1cccs1. The van der Waals surface area contributed by atoms with Crippen LogP contribution in [0.3, 0.4) is 0 Å². The van der Waals surface area contributed by atoms with Crippen molar-refractivity contribution < 1.29 is 0 Å². The topological polar surface area (TPSA) is 29.9 Å². The lowest BCUT2D eigenvalue weighted by Gasteiger charge is -2.06. The van der Waals surface area contributed by atoms with Crippen LogP contribution in [0.5, 0.6) is 0 Å². The van der Waals surface area contributed by atoms with E-state index in [-0.39, 0.29) is 0 Å². The van der Waals surface area contributed by atoms with Crippen molar-refractivity contribution in [2.24, 2.45) is 0 Å². The molecule has 3 nitrogen and oxygen atoms in total. The molecule has 17 heavy (non-hydrogen) atoms. The molecule has 0 saturated carbocycles. The van der Waals surface area contributed by atoms with Gasteiger partial charge in [0.1, 0.15) is 0 Å². The molecule has 0 aromatic carbocycles. The van der Waals surface area contributed by atoms with Gasteiger partial charge in [0.2, 0.25) is 0 Å². The van der Waals surface area contributed by atoms with Gasteiger partial charge >= 0.3 is 0 Å². The van der Waals surface area contributed by atoms with E-state index in [9.17, 15) is 0 Å². The summed E-state index contributed by atoms with van der Waals surface area (Å²) in [4.78, 5) is 1.43. The van der Waals surface area contributed by atoms with Crippen molar-refractivity contribution in [3.05, 3.63) is 39.3 Å². The molecule has 2 rings (SSSR count). The molecule has 0 aliphatic carbocycles. The molecule has 2 aromatic heterocycles. The fourth-order valence-electron chi connectivity index (χ4n) is 1.63. The van der Waals surface area contributed by atoms with Crippen LogP contribution >= 0.6 is 22.9 Å². The van der Waals surface area contributed by atoms with Crippen molar-refractivity contribution in [2.45, 2.75) is 19.9 Å². The molecule has 0 fully saturated rings. The third-order valence-electron chi connectivity index (χ3n) is 2.67. The van der Waals surface area contributed by atoms with Gasteiger partial charge in [0.25, 0.3) is 0 Å². The molecule has 1 N–H and O–H groups in total. The lowest BCUT2D eigenvalue weighted by molar-refractivity contribution is 0.547. The Hall–Kier alpha value is -0.840. The maximum absolute atomic E-state index is 5.93. The number of halogens is 1.